The second-order valence-electron chi connectivity index (χ2n) is 12.6. The van der Waals surface area contributed by atoms with Crippen molar-refractivity contribution in [2.24, 2.45) is 4.99 Å². The number of benzene rings is 1. The first-order valence-electron chi connectivity index (χ1n) is 17.3. The molecule has 0 atom stereocenters. The third kappa shape index (κ3) is 9.28. The van der Waals surface area contributed by atoms with Gasteiger partial charge in [0.25, 0.3) is 10.1 Å². The van der Waals surface area contributed by atoms with Crippen LogP contribution in [0.2, 0.25) is 0 Å². The number of hydrogen-bond donors (Lipinski definition) is 5. The smallest absolute Gasteiger partial charge is 0.264 e. The average molecular weight is 748 g/mol. The highest BCUT2D eigenvalue weighted by Gasteiger charge is 2.14. The quantitative estimate of drug-likeness (QED) is 0.0380. The summed E-state index contributed by atoms with van der Waals surface area (Å²) < 4.78 is 44.6. The van der Waals surface area contributed by atoms with Crippen LogP contribution in [0.1, 0.15) is 46.7 Å². The van der Waals surface area contributed by atoms with Crippen LogP contribution in [0, 0.1) is 0 Å². The van der Waals surface area contributed by atoms with E-state index in [0.717, 1.165) is 72.2 Å². The zero-order chi connectivity index (χ0) is 36.6. The van der Waals surface area contributed by atoms with Crippen molar-refractivity contribution in [3.05, 3.63) is 153 Å². The maximum Gasteiger partial charge on any atom is 0.264 e. The Hall–Kier alpha value is -5.56. The number of thiocarbonyl (C=S) groups is 1. The van der Waals surface area contributed by atoms with E-state index >= 15 is 0 Å². The van der Waals surface area contributed by atoms with Crippen molar-refractivity contribution in [2.45, 2.75) is 19.4 Å². The fraction of sp³-hybridized carbons (Fsp3) is 0.200. The summed E-state index contributed by atoms with van der Waals surface area (Å²) >= 11 is 4.58. The molecule has 0 saturated carbocycles. The van der Waals surface area contributed by atoms with E-state index in [1.807, 2.05) is 29.1 Å². The number of aryl methyl sites for hydroxylation is 1. The van der Waals surface area contributed by atoms with Gasteiger partial charge in [-0.1, -0.05) is 12.1 Å². The van der Waals surface area contributed by atoms with Crippen LogP contribution in [0.5, 0.6) is 5.75 Å². The van der Waals surface area contributed by atoms with Gasteiger partial charge in [0, 0.05) is 73.9 Å². The molecule has 5 aromatic heterocycles. The molecule has 6 aromatic rings. The van der Waals surface area contributed by atoms with Crippen molar-refractivity contribution >= 4 is 50.8 Å². The molecule has 6 heterocycles. The molecular weight excluding hydrogens is 709 g/mol. The molecule has 1 aromatic carbocycles. The number of rotatable bonds is 14. The molecule has 0 fully saturated rings. The zero-order valence-corrected chi connectivity index (χ0v) is 30.5. The summed E-state index contributed by atoms with van der Waals surface area (Å²) in [5.74, 6) is 0.526. The largest absolute Gasteiger partial charge is 0.491 e. The Kier molecular flexibility index (Phi) is 11.1. The van der Waals surface area contributed by atoms with Gasteiger partial charge in [0.2, 0.25) is 0 Å². The third-order valence-corrected chi connectivity index (χ3v) is 9.77. The molecule has 11 nitrogen and oxygen atoms in total. The molecule has 270 valence electrons. The van der Waals surface area contributed by atoms with Crippen LogP contribution >= 0.6 is 12.2 Å². The number of unbranched alkanes of at least 4 members (excludes halogenated alkanes) is 1. The summed E-state index contributed by atoms with van der Waals surface area (Å²) in [7, 11) is -3.95. The maximum atomic E-state index is 11.1. The molecule has 53 heavy (non-hydrogen) atoms. The molecule has 0 spiro atoms. The Balaban J connectivity index is 1.20. The van der Waals surface area contributed by atoms with Gasteiger partial charge >= 0.3 is 0 Å². The number of fused-ring (bicyclic) bond motifs is 8. The first kappa shape index (κ1) is 35.8. The number of hydrogen-bond acceptors (Lipinski definition) is 6. The van der Waals surface area contributed by atoms with Gasteiger partial charge < -0.3 is 29.4 Å². The molecule has 7 rings (SSSR count). The summed E-state index contributed by atoms with van der Waals surface area (Å²) in [5, 5.41) is 6.15. The van der Waals surface area contributed by atoms with Crippen LogP contribution < -0.4 is 30.7 Å². The third-order valence-electron chi connectivity index (χ3n) is 8.83. The fourth-order valence-electron chi connectivity index (χ4n) is 6.36. The maximum absolute atomic E-state index is 11.1. The minimum absolute atomic E-state index is 0.232. The number of aromatic amines is 4. The minimum Gasteiger partial charge on any atom is -0.491 e. The van der Waals surface area contributed by atoms with Crippen molar-refractivity contribution < 1.29 is 27.0 Å². The lowest BCUT2D eigenvalue weighted by molar-refractivity contribution is -0.697. The van der Waals surface area contributed by atoms with E-state index in [4.69, 9.17) is 14.0 Å². The highest BCUT2D eigenvalue weighted by molar-refractivity contribution is 7.85. The van der Waals surface area contributed by atoms with Gasteiger partial charge in [-0.3, -0.25) is 4.55 Å². The van der Waals surface area contributed by atoms with Gasteiger partial charge in [0.1, 0.15) is 18.9 Å². The molecule has 13 heteroatoms. The Morgan fingerprint density at radius 2 is 1.30 bits per heavy atom. The Bertz CT molecular complexity index is 2610. The lowest BCUT2D eigenvalue weighted by atomic mass is 10.0. The van der Waals surface area contributed by atoms with Crippen LogP contribution in [0.15, 0.2) is 102 Å². The van der Waals surface area contributed by atoms with E-state index in [9.17, 15) is 8.42 Å². The van der Waals surface area contributed by atoms with Crippen molar-refractivity contribution in [2.75, 3.05) is 32.1 Å². The average Bonchev–Trinajstić information content (AvgIpc) is 3.98. The van der Waals surface area contributed by atoms with Crippen molar-refractivity contribution in [3.63, 3.8) is 0 Å². The Labute approximate surface area is 311 Å². The molecule has 0 saturated heterocycles. The van der Waals surface area contributed by atoms with Gasteiger partial charge in [-0.25, -0.2) is 9.56 Å². The number of ether oxygens (including phenoxy) is 2. The monoisotopic (exact) mass is 747 g/mol. The standard InChI is InChI=1S/C40H38N6O5S2/c47-53(48,49)24-2-1-18-46-19-15-29(16-20-46)40-37-13-7-32(44-37)25-30-5-11-35(42-30)39(36-12-6-31(43-36)26-33-8-14-38(40)45-33)28-3-9-34(10-4-28)51-23-22-50-21-17-41-27-52/h3-16,19-20,25-26H,1-2,17-18,21-24H2,(H4,42,43,44,45,47,48,49)/p+1. The molecule has 5 N–H and O–H groups in total. The Morgan fingerprint density at radius 1 is 0.698 bits per heavy atom. The molecular formula is C40H39N6O5S2+. The number of aliphatic imine (C=N–C) groups is 1. The first-order chi connectivity index (χ1) is 25.8. The van der Waals surface area contributed by atoms with Crippen molar-refractivity contribution in [3.8, 4) is 5.75 Å². The van der Waals surface area contributed by atoms with Gasteiger partial charge in [0.15, 0.2) is 12.4 Å². The van der Waals surface area contributed by atoms with E-state index in [1.54, 1.807) is 0 Å². The van der Waals surface area contributed by atoms with Gasteiger partial charge in [-0.05, 0) is 103 Å². The van der Waals surface area contributed by atoms with Gasteiger partial charge in [0.05, 0.1) is 30.7 Å². The second-order valence-corrected chi connectivity index (χ2v) is 14.4. The summed E-state index contributed by atoms with van der Waals surface area (Å²) in [4.78, 5) is 18.3. The van der Waals surface area contributed by atoms with E-state index in [0.29, 0.717) is 45.8 Å². The summed E-state index contributed by atoms with van der Waals surface area (Å²) in [6, 6.07) is 28.9. The zero-order valence-electron chi connectivity index (χ0n) is 28.8. The van der Waals surface area contributed by atoms with Crippen LogP contribution in [0.25, 0.3) is 23.3 Å². The highest BCUT2D eigenvalue weighted by Crippen LogP contribution is 2.24. The highest BCUT2D eigenvalue weighted by atomic mass is 32.2. The van der Waals surface area contributed by atoms with Crippen LogP contribution in [-0.4, -0.2) is 70.2 Å². The van der Waals surface area contributed by atoms with Gasteiger partial charge in [-0.15, -0.1) is 0 Å². The molecule has 0 radical (unpaired) electrons. The number of nitrogens with one attached hydrogen (secondary N) is 4. The fourth-order valence-corrected chi connectivity index (χ4v) is 7.02. The first-order valence-corrected chi connectivity index (χ1v) is 19.3. The summed E-state index contributed by atoms with van der Waals surface area (Å²) in [6.07, 6.45) is 9.20. The van der Waals surface area contributed by atoms with Crippen LogP contribution in [0.4, 0.5) is 0 Å². The van der Waals surface area contributed by atoms with Crippen LogP contribution in [-0.2, 0) is 21.4 Å². The molecule has 1 aliphatic heterocycles. The molecule has 0 unspecified atom stereocenters. The normalized spacial score (nSPS) is 12.5. The lowest BCUT2D eigenvalue weighted by Gasteiger charge is -2.09. The second kappa shape index (κ2) is 16.4. The number of nitrogens with zero attached hydrogens (tertiary/aromatic N) is 2. The Morgan fingerprint density at radius 3 is 1.89 bits per heavy atom. The van der Waals surface area contributed by atoms with Crippen molar-refractivity contribution in [1.82, 2.24) is 19.9 Å². The predicted molar refractivity (Wildman–Crippen MR) is 207 cm³/mol. The van der Waals surface area contributed by atoms with E-state index in [-0.39, 0.29) is 5.75 Å². The number of pyridine rings is 1. The van der Waals surface area contributed by atoms with Gasteiger partial charge in [-0.2, -0.15) is 8.42 Å². The van der Waals surface area contributed by atoms with E-state index in [2.05, 4.69) is 127 Å². The molecule has 0 amide bonds. The van der Waals surface area contributed by atoms with Crippen LogP contribution in [0.3, 0.4) is 0 Å². The predicted octanol–water partition coefficient (Wildman–Crippen LogP) is 2.92. The number of isothiocyanates is 1. The number of H-pyrrole nitrogens is 4. The molecule has 8 bridgehead atoms. The summed E-state index contributed by atoms with van der Waals surface area (Å²) in [6.45, 7) is 2.51. The number of aromatic nitrogens is 5. The molecule has 0 aliphatic carbocycles. The lowest BCUT2D eigenvalue weighted by Crippen LogP contribution is -2.33. The SMILES string of the molecule is O=S(=O)(O)CCCC[n+]1ccc(C2=c3ccc([nH]3)=Cc3ccc([nH]3)C(c3ccc(OCCOCCN=C=S)cc3)=c3ccc([nH]3)=Cc3ccc2[nH]3)cc1. The van der Waals surface area contributed by atoms with E-state index in [1.165, 1.54) is 0 Å². The topological polar surface area (TPSA) is 152 Å². The minimum atomic E-state index is -3.95. The van der Waals surface area contributed by atoms with E-state index < -0.39 is 10.1 Å². The summed E-state index contributed by atoms with van der Waals surface area (Å²) in [5.41, 5.74) is 7.91. The molecule has 1 aliphatic rings. The van der Waals surface area contributed by atoms with Crippen molar-refractivity contribution in [1.29, 1.82) is 0 Å².